The molecule has 0 aliphatic carbocycles. The molecule has 0 spiro atoms. The van der Waals surface area contributed by atoms with Crippen LogP contribution < -0.4 is 10.2 Å². The van der Waals surface area contributed by atoms with Gasteiger partial charge in [0, 0.05) is 25.3 Å². The average molecular weight is 246 g/mol. The number of benzene rings is 1. The van der Waals surface area contributed by atoms with E-state index < -0.39 is 0 Å². The largest absolute Gasteiger partial charge is 0.374 e. The van der Waals surface area contributed by atoms with Gasteiger partial charge in [-0.05, 0) is 69.3 Å². The van der Waals surface area contributed by atoms with Gasteiger partial charge >= 0.3 is 0 Å². The molecule has 2 rings (SSSR count). The van der Waals surface area contributed by atoms with Crippen molar-refractivity contribution in [1.29, 1.82) is 0 Å². The van der Waals surface area contributed by atoms with Crippen LogP contribution in [-0.4, -0.2) is 26.2 Å². The van der Waals surface area contributed by atoms with Gasteiger partial charge in [0.25, 0.3) is 0 Å². The minimum atomic E-state index is 0.735. The van der Waals surface area contributed by atoms with Crippen LogP contribution in [0.15, 0.2) is 12.1 Å². The summed E-state index contributed by atoms with van der Waals surface area (Å²) in [7, 11) is 2.21. The zero-order chi connectivity index (χ0) is 13.1. The molecule has 1 aliphatic heterocycles. The number of aryl methyl sites for hydroxylation is 1. The molecule has 1 N–H and O–H groups in total. The van der Waals surface area contributed by atoms with E-state index in [2.05, 4.69) is 50.2 Å². The number of nitrogens with zero attached hydrogens (tertiary/aromatic N) is 1. The molecule has 1 aromatic carbocycles. The zero-order valence-corrected chi connectivity index (χ0v) is 12.2. The Labute approximate surface area is 111 Å². The van der Waals surface area contributed by atoms with Gasteiger partial charge in [0.15, 0.2) is 0 Å². The Hall–Kier alpha value is -1.02. The fourth-order valence-electron chi connectivity index (χ4n) is 2.83. The normalized spacial score (nSPS) is 19.2. The molecule has 1 atom stereocenters. The van der Waals surface area contributed by atoms with Gasteiger partial charge in [-0.3, -0.25) is 0 Å². The lowest BCUT2D eigenvalue weighted by atomic mass is 10.0. The predicted octanol–water partition coefficient (Wildman–Crippen LogP) is 3.19. The van der Waals surface area contributed by atoms with Crippen molar-refractivity contribution in [3.05, 3.63) is 28.8 Å². The molecule has 0 aromatic heterocycles. The van der Waals surface area contributed by atoms with Crippen molar-refractivity contribution in [3.8, 4) is 0 Å². The van der Waals surface area contributed by atoms with Crippen molar-refractivity contribution in [3.63, 3.8) is 0 Å². The molecule has 100 valence electrons. The van der Waals surface area contributed by atoms with Crippen LogP contribution >= 0.6 is 0 Å². The van der Waals surface area contributed by atoms with E-state index in [-0.39, 0.29) is 0 Å². The van der Waals surface area contributed by atoms with Crippen molar-refractivity contribution < 1.29 is 0 Å². The second-order valence-corrected chi connectivity index (χ2v) is 5.66. The third-order valence-electron chi connectivity index (χ3n) is 4.42. The fourth-order valence-corrected chi connectivity index (χ4v) is 2.83. The van der Waals surface area contributed by atoms with Crippen molar-refractivity contribution in [2.24, 2.45) is 0 Å². The summed E-state index contributed by atoms with van der Waals surface area (Å²) < 4.78 is 0. The van der Waals surface area contributed by atoms with E-state index in [1.807, 2.05) is 0 Å². The SMILES string of the molecule is Cc1ccc(N(C)CCC2CCCN2)c(C)c1C. The summed E-state index contributed by atoms with van der Waals surface area (Å²) in [5.41, 5.74) is 5.63. The summed E-state index contributed by atoms with van der Waals surface area (Å²) in [4.78, 5) is 2.40. The maximum absolute atomic E-state index is 3.57. The maximum Gasteiger partial charge on any atom is 0.0396 e. The van der Waals surface area contributed by atoms with E-state index in [4.69, 9.17) is 0 Å². The van der Waals surface area contributed by atoms with Crippen molar-refractivity contribution in [2.75, 3.05) is 25.0 Å². The van der Waals surface area contributed by atoms with Gasteiger partial charge < -0.3 is 10.2 Å². The third-order valence-corrected chi connectivity index (χ3v) is 4.42. The van der Waals surface area contributed by atoms with Crippen molar-refractivity contribution in [2.45, 2.75) is 46.1 Å². The first kappa shape index (κ1) is 13.4. The van der Waals surface area contributed by atoms with Gasteiger partial charge in [0.05, 0.1) is 0 Å². The summed E-state index contributed by atoms with van der Waals surface area (Å²) in [6.45, 7) is 9.00. The van der Waals surface area contributed by atoms with Gasteiger partial charge in [0.1, 0.15) is 0 Å². The highest BCUT2D eigenvalue weighted by molar-refractivity contribution is 5.57. The summed E-state index contributed by atoms with van der Waals surface area (Å²) in [6, 6.07) is 5.24. The quantitative estimate of drug-likeness (QED) is 0.877. The van der Waals surface area contributed by atoms with Crippen LogP contribution in [0.25, 0.3) is 0 Å². The van der Waals surface area contributed by atoms with E-state index in [9.17, 15) is 0 Å². The predicted molar refractivity (Wildman–Crippen MR) is 79.6 cm³/mol. The van der Waals surface area contributed by atoms with E-state index >= 15 is 0 Å². The molecular weight excluding hydrogens is 220 g/mol. The Kier molecular flexibility index (Phi) is 4.28. The topological polar surface area (TPSA) is 15.3 Å². The fraction of sp³-hybridized carbons (Fsp3) is 0.625. The molecule has 1 aromatic rings. The zero-order valence-electron chi connectivity index (χ0n) is 12.2. The third kappa shape index (κ3) is 2.86. The molecule has 2 heteroatoms. The van der Waals surface area contributed by atoms with E-state index in [1.54, 1.807) is 0 Å². The average Bonchev–Trinajstić information content (AvgIpc) is 2.86. The Morgan fingerprint density at radius 1 is 1.22 bits per heavy atom. The van der Waals surface area contributed by atoms with Crippen LogP contribution in [0.4, 0.5) is 5.69 Å². The lowest BCUT2D eigenvalue weighted by molar-refractivity contribution is 0.559. The summed E-state index contributed by atoms with van der Waals surface area (Å²) in [5, 5.41) is 3.57. The van der Waals surface area contributed by atoms with Crippen LogP contribution in [-0.2, 0) is 0 Å². The maximum atomic E-state index is 3.57. The number of hydrogen-bond donors (Lipinski definition) is 1. The highest BCUT2D eigenvalue weighted by Crippen LogP contribution is 2.25. The molecule has 18 heavy (non-hydrogen) atoms. The first-order valence-electron chi connectivity index (χ1n) is 7.11. The Morgan fingerprint density at radius 3 is 2.67 bits per heavy atom. The van der Waals surface area contributed by atoms with E-state index in [0.717, 1.165) is 12.6 Å². The monoisotopic (exact) mass is 246 g/mol. The smallest absolute Gasteiger partial charge is 0.0396 e. The molecule has 0 amide bonds. The Morgan fingerprint density at radius 2 is 2.00 bits per heavy atom. The van der Waals surface area contributed by atoms with Crippen LogP contribution in [0, 0.1) is 20.8 Å². The number of nitrogens with one attached hydrogen (secondary N) is 1. The standard InChI is InChI=1S/C16H26N2/c1-12-7-8-16(14(3)13(12)2)18(4)11-9-15-6-5-10-17-15/h7-8,15,17H,5-6,9-11H2,1-4H3. The Balaban J connectivity index is 1.99. The van der Waals surface area contributed by atoms with Gasteiger partial charge in [-0.2, -0.15) is 0 Å². The van der Waals surface area contributed by atoms with Gasteiger partial charge in [0.2, 0.25) is 0 Å². The molecule has 1 heterocycles. The summed E-state index contributed by atoms with van der Waals surface area (Å²) in [5.74, 6) is 0. The summed E-state index contributed by atoms with van der Waals surface area (Å²) >= 11 is 0. The Bertz CT molecular complexity index is 406. The van der Waals surface area contributed by atoms with E-state index in [0.29, 0.717) is 0 Å². The second kappa shape index (κ2) is 5.75. The van der Waals surface area contributed by atoms with Gasteiger partial charge in [-0.15, -0.1) is 0 Å². The molecular formula is C16H26N2. The lowest BCUT2D eigenvalue weighted by Gasteiger charge is -2.24. The van der Waals surface area contributed by atoms with Gasteiger partial charge in [-0.1, -0.05) is 6.07 Å². The molecule has 1 aliphatic rings. The molecule has 2 nitrogen and oxygen atoms in total. The molecule has 1 saturated heterocycles. The number of hydrogen-bond acceptors (Lipinski definition) is 2. The highest BCUT2D eigenvalue weighted by Gasteiger charge is 2.15. The van der Waals surface area contributed by atoms with Crippen LogP contribution in [0.1, 0.15) is 36.0 Å². The lowest BCUT2D eigenvalue weighted by Crippen LogP contribution is -2.28. The molecule has 0 bridgehead atoms. The minimum absolute atomic E-state index is 0.735. The second-order valence-electron chi connectivity index (χ2n) is 5.66. The molecule has 1 fully saturated rings. The van der Waals surface area contributed by atoms with Crippen molar-refractivity contribution >= 4 is 5.69 Å². The van der Waals surface area contributed by atoms with Crippen LogP contribution in [0.2, 0.25) is 0 Å². The van der Waals surface area contributed by atoms with E-state index in [1.165, 1.54) is 48.2 Å². The molecule has 0 radical (unpaired) electrons. The minimum Gasteiger partial charge on any atom is -0.374 e. The first-order chi connectivity index (χ1) is 8.59. The molecule has 0 saturated carbocycles. The van der Waals surface area contributed by atoms with Crippen molar-refractivity contribution in [1.82, 2.24) is 5.32 Å². The first-order valence-corrected chi connectivity index (χ1v) is 7.11. The highest BCUT2D eigenvalue weighted by atomic mass is 15.1. The number of anilines is 1. The van der Waals surface area contributed by atoms with Gasteiger partial charge in [-0.25, -0.2) is 0 Å². The van der Waals surface area contributed by atoms with Crippen LogP contribution in [0.5, 0.6) is 0 Å². The summed E-state index contributed by atoms with van der Waals surface area (Å²) in [6.07, 6.45) is 3.94. The molecule has 1 unspecified atom stereocenters. The van der Waals surface area contributed by atoms with Crippen LogP contribution in [0.3, 0.4) is 0 Å². The number of rotatable bonds is 4.